The third-order valence-corrected chi connectivity index (χ3v) is 3.94. The minimum absolute atomic E-state index is 0.0344. The summed E-state index contributed by atoms with van der Waals surface area (Å²) in [6, 6.07) is 11.8. The Balaban J connectivity index is 2.08. The number of thiophene rings is 1. The summed E-state index contributed by atoms with van der Waals surface area (Å²) < 4.78 is 5.93. The molecule has 2 atom stereocenters. The molecule has 2 rings (SSSR count). The van der Waals surface area contributed by atoms with Crippen LogP contribution in [0.4, 0.5) is 0 Å². The molecule has 2 nitrogen and oxygen atoms in total. The third kappa shape index (κ3) is 3.25. The lowest BCUT2D eigenvalue weighted by Gasteiger charge is -2.23. The molecule has 2 aromatic rings. The van der Waals surface area contributed by atoms with Gasteiger partial charge in [-0.25, -0.2) is 0 Å². The molecule has 0 spiro atoms. The van der Waals surface area contributed by atoms with E-state index >= 15 is 0 Å². The van der Waals surface area contributed by atoms with Crippen molar-refractivity contribution >= 4 is 22.9 Å². The predicted molar refractivity (Wildman–Crippen MR) is 77.7 cm³/mol. The Morgan fingerprint density at radius 2 is 2.11 bits per heavy atom. The fraction of sp³-hybridized carbons (Fsp3) is 0.286. The van der Waals surface area contributed by atoms with Crippen LogP contribution < -0.4 is 10.1 Å². The number of halogens is 1. The average Bonchev–Trinajstić information content (AvgIpc) is 2.83. The Kier molecular flexibility index (Phi) is 4.64. The summed E-state index contributed by atoms with van der Waals surface area (Å²) in [7, 11) is 1.95. The van der Waals surface area contributed by atoms with Crippen molar-refractivity contribution in [1.29, 1.82) is 0 Å². The normalized spacial score (nSPS) is 14.2. The fourth-order valence-electron chi connectivity index (χ4n) is 1.90. The zero-order valence-electron chi connectivity index (χ0n) is 10.4. The Labute approximate surface area is 117 Å². The van der Waals surface area contributed by atoms with E-state index in [1.165, 1.54) is 4.88 Å². The summed E-state index contributed by atoms with van der Waals surface area (Å²) in [5.41, 5.74) is 0. The van der Waals surface area contributed by atoms with Crippen LogP contribution in [0.15, 0.2) is 41.8 Å². The largest absolute Gasteiger partial charge is 0.489 e. The van der Waals surface area contributed by atoms with Gasteiger partial charge >= 0.3 is 0 Å². The maximum absolute atomic E-state index is 5.95. The number of benzene rings is 1. The number of hydrogen-bond acceptors (Lipinski definition) is 3. The minimum Gasteiger partial charge on any atom is -0.489 e. The van der Waals surface area contributed by atoms with Crippen LogP contribution in [0.25, 0.3) is 0 Å². The monoisotopic (exact) mass is 281 g/mol. The molecule has 2 unspecified atom stereocenters. The lowest BCUT2D eigenvalue weighted by molar-refractivity contribution is 0.177. The summed E-state index contributed by atoms with van der Waals surface area (Å²) >= 11 is 7.68. The second-order valence-corrected chi connectivity index (χ2v) is 5.48. The quantitative estimate of drug-likeness (QED) is 0.890. The summed E-state index contributed by atoms with van der Waals surface area (Å²) in [5.74, 6) is 0.798. The van der Waals surface area contributed by atoms with Crippen LogP contribution in [-0.2, 0) is 0 Å². The maximum Gasteiger partial charge on any atom is 0.121 e. The zero-order chi connectivity index (χ0) is 13.0. The van der Waals surface area contributed by atoms with Crippen molar-refractivity contribution in [2.24, 2.45) is 0 Å². The highest BCUT2D eigenvalue weighted by molar-refractivity contribution is 7.10. The Hall–Kier alpha value is -1.03. The SMILES string of the molecule is CNC(c1cccs1)C(C)Oc1cccc(Cl)c1. The number of rotatable bonds is 5. The van der Waals surface area contributed by atoms with Gasteiger partial charge < -0.3 is 10.1 Å². The van der Waals surface area contributed by atoms with Crippen molar-refractivity contribution in [3.05, 3.63) is 51.7 Å². The molecule has 4 heteroatoms. The Morgan fingerprint density at radius 3 is 2.72 bits per heavy atom. The predicted octanol–water partition coefficient (Wildman–Crippen LogP) is 4.13. The fourth-order valence-corrected chi connectivity index (χ4v) is 3.01. The van der Waals surface area contributed by atoms with Gasteiger partial charge in [0.25, 0.3) is 0 Å². The number of likely N-dealkylation sites (N-methyl/N-ethyl adjacent to an activating group) is 1. The molecule has 0 aliphatic rings. The maximum atomic E-state index is 5.95. The van der Waals surface area contributed by atoms with E-state index in [1.807, 2.05) is 31.3 Å². The van der Waals surface area contributed by atoms with Crippen molar-refractivity contribution in [3.63, 3.8) is 0 Å². The van der Waals surface area contributed by atoms with Crippen LogP contribution >= 0.6 is 22.9 Å². The molecule has 0 aliphatic heterocycles. The molecule has 0 bridgehead atoms. The number of hydrogen-bond donors (Lipinski definition) is 1. The lowest BCUT2D eigenvalue weighted by atomic mass is 10.1. The molecular formula is C14H16ClNOS. The van der Waals surface area contributed by atoms with E-state index < -0.39 is 0 Å². The van der Waals surface area contributed by atoms with Gasteiger partial charge in [-0.3, -0.25) is 0 Å². The third-order valence-electron chi connectivity index (χ3n) is 2.75. The molecule has 0 fully saturated rings. The van der Waals surface area contributed by atoms with E-state index in [9.17, 15) is 0 Å². The van der Waals surface area contributed by atoms with Gasteiger partial charge in [0.2, 0.25) is 0 Å². The van der Waals surface area contributed by atoms with Gasteiger partial charge in [-0.2, -0.15) is 0 Å². The van der Waals surface area contributed by atoms with Crippen LogP contribution in [0.5, 0.6) is 5.75 Å². The van der Waals surface area contributed by atoms with Crippen LogP contribution in [0.1, 0.15) is 17.8 Å². The van der Waals surface area contributed by atoms with E-state index in [0.717, 1.165) is 5.75 Å². The Bertz CT molecular complexity index is 486. The van der Waals surface area contributed by atoms with E-state index in [2.05, 4.69) is 29.8 Å². The molecule has 96 valence electrons. The van der Waals surface area contributed by atoms with Crippen molar-refractivity contribution in [2.75, 3.05) is 7.05 Å². The highest BCUT2D eigenvalue weighted by atomic mass is 35.5. The molecule has 0 amide bonds. The summed E-state index contributed by atoms with van der Waals surface area (Å²) in [4.78, 5) is 1.27. The van der Waals surface area contributed by atoms with E-state index in [-0.39, 0.29) is 12.1 Å². The van der Waals surface area contributed by atoms with Gasteiger partial charge in [-0.1, -0.05) is 23.7 Å². The molecule has 0 saturated carbocycles. The zero-order valence-corrected chi connectivity index (χ0v) is 12.0. The summed E-state index contributed by atoms with van der Waals surface area (Å²) in [6.45, 7) is 2.06. The van der Waals surface area contributed by atoms with Crippen LogP contribution in [0, 0.1) is 0 Å². The smallest absolute Gasteiger partial charge is 0.121 e. The van der Waals surface area contributed by atoms with E-state index in [1.54, 1.807) is 11.3 Å². The molecule has 18 heavy (non-hydrogen) atoms. The van der Waals surface area contributed by atoms with Crippen molar-refractivity contribution in [1.82, 2.24) is 5.32 Å². The Morgan fingerprint density at radius 1 is 1.28 bits per heavy atom. The van der Waals surface area contributed by atoms with Gasteiger partial charge in [0, 0.05) is 9.90 Å². The summed E-state index contributed by atoms with van der Waals surface area (Å²) in [6.07, 6.45) is 0.0344. The van der Waals surface area contributed by atoms with Crippen LogP contribution in [0.3, 0.4) is 0 Å². The first kappa shape index (κ1) is 13.4. The first-order valence-electron chi connectivity index (χ1n) is 5.83. The van der Waals surface area contributed by atoms with E-state index in [4.69, 9.17) is 16.3 Å². The molecule has 1 aromatic heterocycles. The first-order chi connectivity index (χ1) is 8.70. The number of nitrogens with one attached hydrogen (secondary N) is 1. The second-order valence-electron chi connectivity index (χ2n) is 4.06. The molecule has 0 radical (unpaired) electrons. The molecule has 1 heterocycles. The van der Waals surface area contributed by atoms with Gasteiger partial charge in [0.15, 0.2) is 0 Å². The van der Waals surface area contributed by atoms with Crippen LogP contribution in [0.2, 0.25) is 5.02 Å². The van der Waals surface area contributed by atoms with Gasteiger partial charge in [-0.05, 0) is 43.6 Å². The standard InChI is InChI=1S/C14H16ClNOS/c1-10(14(16-2)13-7-4-8-18-13)17-12-6-3-5-11(15)9-12/h3-10,14,16H,1-2H3. The molecule has 0 aliphatic carbocycles. The van der Waals surface area contributed by atoms with Gasteiger partial charge in [0.1, 0.15) is 11.9 Å². The topological polar surface area (TPSA) is 21.3 Å². The summed E-state index contributed by atoms with van der Waals surface area (Å²) in [5, 5.41) is 6.06. The average molecular weight is 282 g/mol. The van der Waals surface area contributed by atoms with Crippen molar-refractivity contribution in [2.45, 2.75) is 19.1 Å². The minimum atomic E-state index is 0.0344. The van der Waals surface area contributed by atoms with Gasteiger partial charge in [0.05, 0.1) is 6.04 Å². The van der Waals surface area contributed by atoms with Gasteiger partial charge in [-0.15, -0.1) is 11.3 Å². The number of ether oxygens (including phenoxy) is 1. The first-order valence-corrected chi connectivity index (χ1v) is 7.09. The molecule has 1 N–H and O–H groups in total. The second kappa shape index (κ2) is 6.23. The van der Waals surface area contributed by atoms with Crippen molar-refractivity contribution < 1.29 is 4.74 Å². The van der Waals surface area contributed by atoms with Crippen molar-refractivity contribution in [3.8, 4) is 5.75 Å². The highest BCUT2D eigenvalue weighted by Crippen LogP contribution is 2.26. The highest BCUT2D eigenvalue weighted by Gasteiger charge is 2.20. The lowest BCUT2D eigenvalue weighted by Crippen LogP contribution is -2.30. The molecular weight excluding hydrogens is 266 g/mol. The molecule has 1 aromatic carbocycles. The molecule has 0 saturated heterocycles. The van der Waals surface area contributed by atoms with E-state index in [0.29, 0.717) is 5.02 Å². The van der Waals surface area contributed by atoms with Crippen LogP contribution in [-0.4, -0.2) is 13.2 Å².